The first-order valence-corrected chi connectivity index (χ1v) is 4.86. The van der Waals surface area contributed by atoms with Crippen LogP contribution in [0.4, 0.5) is 0 Å². The quantitative estimate of drug-likeness (QED) is 0.752. The number of hydrogen-bond acceptors (Lipinski definition) is 2. The Bertz CT molecular complexity index is 348. The van der Waals surface area contributed by atoms with Crippen LogP contribution >= 0.6 is 11.3 Å². The summed E-state index contributed by atoms with van der Waals surface area (Å²) in [5.74, 6) is 0. The normalized spacial score (nSPS) is 10.4. The highest BCUT2D eigenvalue weighted by Gasteiger charge is 2.05. The molecule has 0 spiro atoms. The summed E-state index contributed by atoms with van der Waals surface area (Å²) < 4.78 is 0. The van der Waals surface area contributed by atoms with E-state index < -0.39 is 0 Å². The van der Waals surface area contributed by atoms with E-state index in [4.69, 9.17) is 0 Å². The molecule has 0 amide bonds. The van der Waals surface area contributed by atoms with Crippen LogP contribution in [0.2, 0.25) is 0 Å². The van der Waals surface area contributed by atoms with Gasteiger partial charge in [-0.05, 0) is 23.4 Å². The smallest absolute Gasteiger partial charge is 0.0781 e. The summed E-state index contributed by atoms with van der Waals surface area (Å²) in [5, 5.41) is 9.13. The number of aryl methyl sites for hydroxylation is 1. The monoisotopic (exact) mass is 178 g/mol. The van der Waals surface area contributed by atoms with Crippen LogP contribution in [0.5, 0.6) is 0 Å². The summed E-state index contributed by atoms with van der Waals surface area (Å²) in [6.07, 6.45) is 2.93. The van der Waals surface area contributed by atoms with Gasteiger partial charge in [0.2, 0.25) is 0 Å². The summed E-state index contributed by atoms with van der Waals surface area (Å²) in [7, 11) is 0. The van der Waals surface area contributed by atoms with Crippen molar-refractivity contribution in [2.24, 2.45) is 0 Å². The Morgan fingerprint density at radius 2 is 2.50 bits per heavy atom. The molecule has 12 heavy (non-hydrogen) atoms. The van der Waals surface area contributed by atoms with Gasteiger partial charge in [-0.25, -0.2) is 0 Å². The van der Waals surface area contributed by atoms with E-state index in [-0.39, 0.29) is 0 Å². The average Bonchev–Trinajstić information content (AvgIpc) is 2.74. The first-order valence-electron chi connectivity index (χ1n) is 3.98. The highest BCUT2D eigenvalue weighted by Crippen LogP contribution is 2.25. The van der Waals surface area contributed by atoms with E-state index in [0.29, 0.717) is 0 Å². The standard InChI is InChI=1S/C9H10N2S/c1-2-7-6-10-11-9(7)8-4-3-5-12-8/h3-6H,2H2,1H3,(H,10,11). The maximum absolute atomic E-state index is 4.03. The minimum Gasteiger partial charge on any atom is -0.277 e. The molecule has 2 rings (SSSR count). The second-order valence-corrected chi connectivity index (χ2v) is 3.55. The molecule has 3 heteroatoms. The number of aromatic amines is 1. The molecule has 0 aliphatic rings. The molecule has 0 bridgehead atoms. The zero-order valence-corrected chi connectivity index (χ0v) is 7.69. The van der Waals surface area contributed by atoms with Crippen LogP contribution in [0.1, 0.15) is 12.5 Å². The van der Waals surface area contributed by atoms with Crippen LogP contribution < -0.4 is 0 Å². The topological polar surface area (TPSA) is 28.7 Å². The van der Waals surface area contributed by atoms with Crippen LogP contribution in [0.15, 0.2) is 23.7 Å². The molecule has 0 unspecified atom stereocenters. The van der Waals surface area contributed by atoms with Gasteiger partial charge in [0, 0.05) is 0 Å². The van der Waals surface area contributed by atoms with Crippen LogP contribution in [0, 0.1) is 0 Å². The lowest BCUT2D eigenvalue weighted by Gasteiger charge is -1.94. The van der Waals surface area contributed by atoms with Gasteiger partial charge in [-0.15, -0.1) is 11.3 Å². The molecule has 0 radical (unpaired) electrons. The molecular weight excluding hydrogens is 168 g/mol. The van der Waals surface area contributed by atoms with Gasteiger partial charge in [-0.2, -0.15) is 5.10 Å². The van der Waals surface area contributed by atoms with E-state index in [2.05, 4.69) is 34.6 Å². The fourth-order valence-electron chi connectivity index (χ4n) is 1.21. The van der Waals surface area contributed by atoms with Crippen molar-refractivity contribution >= 4 is 11.3 Å². The number of aromatic nitrogens is 2. The molecule has 0 aliphatic heterocycles. The Balaban J connectivity index is 2.46. The maximum atomic E-state index is 4.03. The molecule has 0 atom stereocenters. The van der Waals surface area contributed by atoms with E-state index >= 15 is 0 Å². The van der Waals surface area contributed by atoms with Crippen LogP contribution in [-0.2, 0) is 6.42 Å². The van der Waals surface area contributed by atoms with Crippen LogP contribution in [-0.4, -0.2) is 10.2 Å². The Morgan fingerprint density at radius 1 is 1.58 bits per heavy atom. The van der Waals surface area contributed by atoms with Crippen molar-refractivity contribution in [2.45, 2.75) is 13.3 Å². The third kappa shape index (κ3) is 1.16. The number of thiophene rings is 1. The number of H-pyrrole nitrogens is 1. The molecule has 0 saturated carbocycles. The first kappa shape index (κ1) is 7.55. The van der Waals surface area contributed by atoms with Crippen molar-refractivity contribution < 1.29 is 0 Å². The molecule has 0 aromatic carbocycles. The van der Waals surface area contributed by atoms with Gasteiger partial charge in [0.1, 0.15) is 0 Å². The van der Waals surface area contributed by atoms with Gasteiger partial charge < -0.3 is 0 Å². The van der Waals surface area contributed by atoms with Crippen molar-refractivity contribution in [1.82, 2.24) is 10.2 Å². The van der Waals surface area contributed by atoms with E-state index in [1.165, 1.54) is 16.1 Å². The molecule has 1 N–H and O–H groups in total. The lowest BCUT2D eigenvalue weighted by Crippen LogP contribution is -1.79. The van der Waals surface area contributed by atoms with Crippen molar-refractivity contribution in [3.8, 4) is 10.6 Å². The third-order valence-electron chi connectivity index (χ3n) is 1.87. The third-order valence-corrected chi connectivity index (χ3v) is 2.75. The number of nitrogens with one attached hydrogen (secondary N) is 1. The number of hydrogen-bond donors (Lipinski definition) is 1. The zero-order chi connectivity index (χ0) is 8.39. The SMILES string of the molecule is CCc1cn[nH]c1-c1cccs1. The van der Waals surface area contributed by atoms with Gasteiger partial charge in [0.15, 0.2) is 0 Å². The van der Waals surface area contributed by atoms with Crippen LogP contribution in [0.25, 0.3) is 10.6 Å². The molecule has 0 saturated heterocycles. The molecule has 0 aliphatic carbocycles. The molecule has 2 aromatic rings. The molecule has 2 heterocycles. The highest BCUT2D eigenvalue weighted by atomic mass is 32.1. The van der Waals surface area contributed by atoms with Gasteiger partial charge >= 0.3 is 0 Å². The lowest BCUT2D eigenvalue weighted by molar-refractivity contribution is 1.10. The van der Waals surface area contributed by atoms with Gasteiger partial charge in [0.05, 0.1) is 16.8 Å². The summed E-state index contributed by atoms with van der Waals surface area (Å²) in [6, 6.07) is 4.16. The van der Waals surface area contributed by atoms with Crippen molar-refractivity contribution in [3.63, 3.8) is 0 Å². The van der Waals surface area contributed by atoms with Gasteiger partial charge in [0.25, 0.3) is 0 Å². The fourth-order valence-corrected chi connectivity index (χ4v) is 1.97. The van der Waals surface area contributed by atoms with E-state index in [1.54, 1.807) is 11.3 Å². The second-order valence-electron chi connectivity index (χ2n) is 2.60. The predicted octanol–water partition coefficient (Wildman–Crippen LogP) is 2.70. The molecule has 2 aromatic heterocycles. The van der Waals surface area contributed by atoms with Crippen molar-refractivity contribution in [2.75, 3.05) is 0 Å². The number of rotatable bonds is 2. The Morgan fingerprint density at radius 3 is 3.17 bits per heavy atom. The Kier molecular flexibility index (Phi) is 1.96. The first-order chi connectivity index (χ1) is 5.92. The molecular formula is C9H10N2S. The van der Waals surface area contributed by atoms with Crippen molar-refractivity contribution in [3.05, 3.63) is 29.3 Å². The summed E-state index contributed by atoms with van der Waals surface area (Å²) in [6.45, 7) is 2.14. The van der Waals surface area contributed by atoms with Crippen molar-refractivity contribution in [1.29, 1.82) is 0 Å². The van der Waals surface area contributed by atoms with Gasteiger partial charge in [-0.1, -0.05) is 13.0 Å². The van der Waals surface area contributed by atoms with Gasteiger partial charge in [-0.3, -0.25) is 5.10 Å². The van der Waals surface area contributed by atoms with E-state index in [1.807, 2.05) is 6.20 Å². The summed E-state index contributed by atoms with van der Waals surface area (Å²) in [5.41, 5.74) is 2.46. The maximum Gasteiger partial charge on any atom is 0.0781 e. The number of nitrogens with zero attached hydrogens (tertiary/aromatic N) is 1. The largest absolute Gasteiger partial charge is 0.277 e. The van der Waals surface area contributed by atoms with E-state index in [9.17, 15) is 0 Å². The average molecular weight is 178 g/mol. The molecule has 0 fully saturated rings. The Labute approximate surface area is 75.3 Å². The predicted molar refractivity (Wildman–Crippen MR) is 51.3 cm³/mol. The zero-order valence-electron chi connectivity index (χ0n) is 6.87. The minimum absolute atomic E-state index is 1.03. The summed E-state index contributed by atoms with van der Waals surface area (Å²) in [4.78, 5) is 1.27. The Hall–Kier alpha value is -1.09. The van der Waals surface area contributed by atoms with E-state index in [0.717, 1.165) is 6.42 Å². The fraction of sp³-hybridized carbons (Fsp3) is 0.222. The highest BCUT2D eigenvalue weighted by molar-refractivity contribution is 7.13. The minimum atomic E-state index is 1.03. The molecule has 62 valence electrons. The lowest BCUT2D eigenvalue weighted by atomic mass is 10.2. The van der Waals surface area contributed by atoms with Crippen LogP contribution in [0.3, 0.4) is 0 Å². The summed E-state index contributed by atoms with van der Waals surface area (Å²) >= 11 is 1.74. The molecule has 2 nitrogen and oxygen atoms in total. The second kappa shape index (κ2) is 3.11.